The van der Waals surface area contributed by atoms with E-state index >= 15 is 0 Å². The number of fused-ring (bicyclic) bond motifs is 1. The van der Waals surface area contributed by atoms with Crippen molar-refractivity contribution in [1.82, 2.24) is 5.32 Å². The summed E-state index contributed by atoms with van der Waals surface area (Å²) in [5, 5.41) is 12.3. The second kappa shape index (κ2) is 5.46. The van der Waals surface area contributed by atoms with Crippen LogP contribution >= 0.6 is 0 Å². The third kappa shape index (κ3) is 3.47. The molecule has 0 spiro atoms. The molecule has 0 saturated carbocycles. The summed E-state index contributed by atoms with van der Waals surface area (Å²) in [5.74, 6) is 0.109. The zero-order valence-corrected chi connectivity index (χ0v) is 14.5. The van der Waals surface area contributed by atoms with Crippen molar-refractivity contribution in [3.05, 3.63) is 29.3 Å². The Morgan fingerprint density at radius 1 is 1.33 bits per heavy atom. The molecule has 4 nitrogen and oxygen atoms in total. The Kier molecular flexibility index (Phi) is 4.17. The lowest BCUT2D eigenvalue weighted by Gasteiger charge is -2.36. The van der Waals surface area contributed by atoms with Gasteiger partial charge in [-0.25, -0.2) is 0 Å². The van der Waals surface area contributed by atoms with Crippen LogP contribution in [-0.4, -0.2) is 25.4 Å². The molecule has 0 aromatic heterocycles. The maximum absolute atomic E-state index is 11.0. The summed E-state index contributed by atoms with van der Waals surface area (Å²) in [6, 6.07) is 5.56. The second-order valence-electron chi connectivity index (χ2n) is 7.27. The lowest BCUT2D eigenvalue weighted by Crippen LogP contribution is -2.44. The number of nitrogens with one attached hydrogen (secondary N) is 1. The van der Waals surface area contributed by atoms with Crippen molar-refractivity contribution in [1.29, 1.82) is 0 Å². The average molecular weight is 307 g/mol. The van der Waals surface area contributed by atoms with E-state index in [-0.39, 0.29) is 5.04 Å². The van der Waals surface area contributed by atoms with E-state index in [9.17, 15) is 4.79 Å². The summed E-state index contributed by atoms with van der Waals surface area (Å²) < 4.78 is 6.30. The van der Waals surface area contributed by atoms with E-state index < -0.39 is 20.3 Å². The van der Waals surface area contributed by atoms with Crippen LogP contribution in [0.15, 0.2) is 18.2 Å². The Morgan fingerprint density at radius 3 is 2.57 bits per heavy atom. The van der Waals surface area contributed by atoms with E-state index in [4.69, 9.17) is 9.53 Å². The smallest absolute Gasteiger partial charge is 0.321 e. The molecule has 21 heavy (non-hydrogen) atoms. The number of carbonyl (C=O) groups is 1. The highest BCUT2D eigenvalue weighted by atomic mass is 28.4. The van der Waals surface area contributed by atoms with E-state index in [1.807, 2.05) is 12.1 Å². The van der Waals surface area contributed by atoms with Crippen LogP contribution < -0.4 is 9.74 Å². The maximum Gasteiger partial charge on any atom is 0.321 e. The van der Waals surface area contributed by atoms with E-state index in [2.05, 4.69) is 45.2 Å². The fourth-order valence-corrected chi connectivity index (χ4v) is 3.20. The molecule has 116 valence electrons. The molecule has 1 aromatic carbocycles. The molecule has 0 fully saturated rings. The van der Waals surface area contributed by atoms with Crippen LogP contribution in [-0.2, 0) is 17.8 Å². The molecule has 2 rings (SSSR count). The van der Waals surface area contributed by atoms with Gasteiger partial charge in [0, 0.05) is 6.54 Å². The first-order chi connectivity index (χ1) is 9.60. The Labute approximate surface area is 127 Å². The predicted molar refractivity (Wildman–Crippen MR) is 86.2 cm³/mol. The Hall–Kier alpha value is -1.33. The van der Waals surface area contributed by atoms with E-state index in [0.717, 1.165) is 16.9 Å². The van der Waals surface area contributed by atoms with Crippen molar-refractivity contribution in [3.63, 3.8) is 0 Å². The first-order valence-electron chi connectivity index (χ1n) is 7.37. The molecule has 2 N–H and O–H groups in total. The molecule has 1 aliphatic rings. The lowest BCUT2D eigenvalue weighted by molar-refractivity contribution is -0.139. The minimum Gasteiger partial charge on any atom is -0.543 e. The summed E-state index contributed by atoms with van der Waals surface area (Å²) in [5.41, 5.74) is 2.24. The molecule has 0 bridgehead atoms. The van der Waals surface area contributed by atoms with Gasteiger partial charge in [0.05, 0.1) is 0 Å². The maximum atomic E-state index is 11.0. The predicted octanol–water partition coefficient (Wildman–Crippen LogP) is 3.17. The van der Waals surface area contributed by atoms with Crippen LogP contribution in [0.4, 0.5) is 0 Å². The van der Waals surface area contributed by atoms with Crippen molar-refractivity contribution >= 4 is 14.3 Å². The molecule has 1 aromatic rings. The Morgan fingerprint density at radius 2 is 2.00 bits per heavy atom. The topological polar surface area (TPSA) is 58.6 Å². The highest BCUT2D eigenvalue weighted by Crippen LogP contribution is 2.37. The van der Waals surface area contributed by atoms with Gasteiger partial charge in [-0.1, -0.05) is 26.8 Å². The van der Waals surface area contributed by atoms with Gasteiger partial charge in [-0.3, -0.25) is 4.79 Å². The van der Waals surface area contributed by atoms with Gasteiger partial charge in [0.25, 0.3) is 0 Å². The van der Waals surface area contributed by atoms with Crippen LogP contribution in [0.1, 0.15) is 31.9 Å². The SMILES string of the molecule is CC(C)(C)[Si](C)(C)Oc1ccc2c(c1)CN[C@H](C(=O)O)C2. The molecule has 1 heterocycles. The second-order valence-corrected chi connectivity index (χ2v) is 12.0. The monoisotopic (exact) mass is 307 g/mol. The Bertz CT molecular complexity index is 549. The summed E-state index contributed by atoms with van der Waals surface area (Å²) in [7, 11) is -1.84. The van der Waals surface area contributed by atoms with Crippen LogP contribution in [0.2, 0.25) is 18.1 Å². The first kappa shape index (κ1) is 16.0. The van der Waals surface area contributed by atoms with Crippen LogP contribution in [0.5, 0.6) is 5.75 Å². The number of hydrogen-bond acceptors (Lipinski definition) is 3. The third-order valence-electron chi connectivity index (χ3n) is 4.62. The van der Waals surface area contributed by atoms with E-state index in [1.165, 1.54) is 0 Å². The molecule has 5 heteroatoms. The van der Waals surface area contributed by atoms with E-state index in [1.54, 1.807) is 0 Å². The van der Waals surface area contributed by atoms with Crippen molar-refractivity contribution in [2.24, 2.45) is 0 Å². The van der Waals surface area contributed by atoms with Crippen molar-refractivity contribution in [2.75, 3.05) is 0 Å². The zero-order chi connectivity index (χ0) is 15.8. The molecule has 0 radical (unpaired) electrons. The molecule has 0 saturated heterocycles. The molecule has 0 unspecified atom stereocenters. The average Bonchev–Trinajstić information content (AvgIpc) is 2.36. The molecular formula is C16H25NO3Si. The number of benzene rings is 1. The van der Waals surface area contributed by atoms with Crippen LogP contribution in [0.3, 0.4) is 0 Å². The lowest BCUT2D eigenvalue weighted by atomic mass is 9.96. The van der Waals surface area contributed by atoms with Gasteiger partial charge in [0.15, 0.2) is 0 Å². The number of rotatable bonds is 3. The fraction of sp³-hybridized carbons (Fsp3) is 0.562. The normalized spacial score (nSPS) is 19.0. The minimum absolute atomic E-state index is 0.162. The number of carboxylic acid groups (broad SMARTS) is 1. The third-order valence-corrected chi connectivity index (χ3v) is 8.98. The van der Waals surface area contributed by atoms with Gasteiger partial charge in [0.2, 0.25) is 8.32 Å². The number of hydrogen-bond donors (Lipinski definition) is 2. The van der Waals surface area contributed by atoms with Gasteiger partial charge < -0.3 is 14.8 Å². The fourth-order valence-electron chi connectivity index (χ4n) is 2.18. The van der Waals surface area contributed by atoms with Crippen molar-refractivity contribution < 1.29 is 14.3 Å². The van der Waals surface area contributed by atoms with Gasteiger partial charge in [-0.2, -0.15) is 0 Å². The van der Waals surface area contributed by atoms with Crippen LogP contribution in [0, 0.1) is 0 Å². The van der Waals surface area contributed by atoms with Gasteiger partial charge >= 0.3 is 5.97 Å². The highest BCUT2D eigenvalue weighted by molar-refractivity contribution is 6.74. The van der Waals surface area contributed by atoms with Gasteiger partial charge in [-0.15, -0.1) is 0 Å². The quantitative estimate of drug-likeness (QED) is 0.842. The summed E-state index contributed by atoms with van der Waals surface area (Å²) in [4.78, 5) is 11.0. The van der Waals surface area contributed by atoms with Gasteiger partial charge in [0.1, 0.15) is 11.8 Å². The van der Waals surface area contributed by atoms with E-state index in [0.29, 0.717) is 13.0 Å². The largest absolute Gasteiger partial charge is 0.543 e. The summed E-state index contributed by atoms with van der Waals surface area (Å²) >= 11 is 0. The Balaban J connectivity index is 2.18. The molecule has 0 amide bonds. The standard InChI is InChI=1S/C16H25NO3Si/c1-16(2,3)21(4,5)20-13-7-6-11-9-14(15(18)19)17-10-12(11)8-13/h6-8,14,17H,9-10H2,1-5H3,(H,18,19)/t14-/m0/s1. The number of carboxylic acids is 1. The summed E-state index contributed by atoms with van der Waals surface area (Å²) in [6.07, 6.45) is 0.533. The molecular weight excluding hydrogens is 282 g/mol. The molecule has 0 aliphatic carbocycles. The molecule has 1 aliphatic heterocycles. The minimum atomic E-state index is -1.84. The highest BCUT2D eigenvalue weighted by Gasteiger charge is 2.39. The van der Waals surface area contributed by atoms with Crippen molar-refractivity contribution in [3.8, 4) is 5.75 Å². The molecule has 1 atom stereocenters. The van der Waals surface area contributed by atoms with Crippen molar-refractivity contribution in [2.45, 2.75) is 57.9 Å². The zero-order valence-electron chi connectivity index (χ0n) is 13.5. The van der Waals surface area contributed by atoms with Gasteiger partial charge in [-0.05, 0) is 47.8 Å². The number of aliphatic carboxylic acids is 1. The van der Waals surface area contributed by atoms with Crippen LogP contribution in [0.25, 0.3) is 0 Å². The summed E-state index contributed by atoms with van der Waals surface area (Å²) in [6.45, 7) is 11.7. The first-order valence-corrected chi connectivity index (χ1v) is 10.3.